The third kappa shape index (κ3) is 3.19. The zero-order valence-corrected chi connectivity index (χ0v) is 15.6. The van der Waals surface area contributed by atoms with Crippen LogP contribution in [0.25, 0.3) is 10.9 Å². The van der Waals surface area contributed by atoms with Crippen LogP contribution in [-0.2, 0) is 7.05 Å². The minimum absolute atomic E-state index is 0.243. The molecule has 0 amide bonds. The highest BCUT2D eigenvalue weighted by Gasteiger charge is 2.22. The Labute approximate surface area is 154 Å². The molecular formula is C20H25N5O. The molecule has 0 bridgehead atoms. The Morgan fingerprint density at radius 2 is 1.92 bits per heavy atom. The summed E-state index contributed by atoms with van der Waals surface area (Å²) in [7, 11) is 5.99. The molecule has 0 spiro atoms. The van der Waals surface area contributed by atoms with E-state index in [0.29, 0.717) is 0 Å². The lowest BCUT2D eigenvalue weighted by Crippen LogP contribution is -2.38. The predicted molar refractivity (Wildman–Crippen MR) is 105 cm³/mol. The number of rotatable bonds is 4. The summed E-state index contributed by atoms with van der Waals surface area (Å²) in [5, 5.41) is 1.18. The van der Waals surface area contributed by atoms with Crippen LogP contribution < -0.4 is 14.5 Å². The lowest BCUT2D eigenvalue weighted by atomic mass is 10.1. The van der Waals surface area contributed by atoms with Gasteiger partial charge in [-0.25, -0.2) is 4.98 Å². The van der Waals surface area contributed by atoms with Gasteiger partial charge in [0.25, 0.3) is 0 Å². The molecule has 0 N–H and O–H groups in total. The number of aryl methyl sites for hydroxylation is 1. The van der Waals surface area contributed by atoms with Gasteiger partial charge in [-0.2, -0.15) is 4.98 Å². The summed E-state index contributed by atoms with van der Waals surface area (Å²) in [6.07, 6.45) is 6.13. The van der Waals surface area contributed by atoms with Crippen LogP contribution in [0.5, 0.6) is 5.75 Å². The summed E-state index contributed by atoms with van der Waals surface area (Å²) >= 11 is 0. The smallest absolute Gasteiger partial charge is 0.226 e. The molecule has 1 aromatic carbocycles. The standard InChI is InChI=1S/C20H25N5O/c1-23(2)20-21-11-7-19(22-20)25-13-8-15(9-14-25)26-18-6-4-5-17-16(18)10-12-24(17)3/h4-7,10-12,15H,8-9,13-14H2,1-3H3. The Morgan fingerprint density at radius 3 is 2.69 bits per heavy atom. The second kappa shape index (κ2) is 6.86. The maximum Gasteiger partial charge on any atom is 0.226 e. The number of benzene rings is 1. The van der Waals surface area contributed by atoms with E-state index in [4.69, 9.17) is 4.74 Å². The number of piperidine rings is 1. The first kappa shape index (κ1) is 16.7. The second-order valence-corrected chi connectivity index (χ2v) is 7.03. The SMILES string of the molecule is CN(C)c1nccc(N2CCC(Oc3cccc4c3ccn4C)CC2)n1. The number of ether oxygens (including phenoxy) is 1. The molecule has 6 nitrogen and oxygen atoms in total. The molecule has 2 aromatic heterocycles. The minimum Gasteiger partial charge on any atom is -0.490 e. The molecule has 6 heteroatoms. The fourth-order valence-corrected chi connectivity index (χ4v) is 3.49. The molecule has 0 aliphatic carbocycles. The van der Waals surface area contributed by atoms with E-state index in [1.54, 1.807) is 0 Å². The summed E-state index contributed by atoms with van der Waals surface area (Å²) in [4.78, 5) is 13.2. The summed E-state index contributed by atoms with van der Waals surface area (Å²) < 4.78 is 8.47. The van der Waals surface area contributed by atoms with Gasteiger partial charge in [0.1, 0.15) is 17.7 Å². The molecule has 0 unspecified atom stereocenters. The topological polar surface area (TPSA) is 46.4 Å². The van der Waals surface area contributed by atoms with Gasteiger partial charge in [0, 0.05) is 64.9 Å². The summed E-state index contributed by atoms with van der Waals surface area (Å²) in [5.41, 5.74) is 1.21. The largest absolute Gasteiger partial charge is 0.490 e. The molecule has 3 heterocycles. The van der Waals surface area contributed by atoms with Crippen LogP contribution in [0.4, 0.5) is 11.8 Å². The minimum atomic E-state index is 0.243. The van der Waals surface area contributed by atoms with Crippen molar-refractivity contribution in [1.29, 1.82) is 0 Å². The third-order valence-electron chi connectivity index (χ3n) is 4.98. The van der Waals surface area contributed by atoms with Crippen molar-refractivity contribution in [3.8, 4) is 5.75 Å². The van der Waals surface area contributed by atoms with Crippen LogP contribution in [-0.4, -0.2) is 47.8 Å². The summed E-state index contributed by atoms with van der Waals surface area (Å²) in [6, 6.07) is 10.4. The van der Waals surface area contributed by atoms with Crippen molar-refractivity contribution in [1.82, 2.24) is 14.5 Å². The first-order chi connectivity index (χ1) is 12.6. The number of nitrogens with zero attached hydrogens (tertiary/aromatic N) is 5. The maximum atomic E-state index is 6.35. The van der Waals surface area contributed by atoms with E-state index in [0.717, 1.165) is 43.4 Å². The van der Waals surface area contributed by atoms with Crippen LogP contribution in [0.1, 0.15) is 12.8 Å². The monoisotopic (exact) mass is 351 g/mol. The second-order valence-electron chi connectivity index (χ2n) is 7.03. The van der Waals surface area contributed by atoms with Gasteiger partial charge in [-0.15, -0.1) is 0 Å². The molecule has 0 atom stereocenters. The first-order valence-electron chi connectivity index (χ1n) is 9.08. The fourth-order valence-electron chi connectivity index (χ4n) is 3.49. The molecule has 1 saturated heterocycles. The Morgan fingerprint density at radius 1 is 1.12 bits per heavy atom. The van der Waals surface area contributed by atoms with Crippen molar-refractivity contribution < 1.29 is 4.74 Å². The fraction of sp³-hybridized carbons (Fsp3) is 0.400. The number of aromatic nitrogens is 3. The number of hydrogen-bond donors (Lipinski definition) is 0. The van der Waals surface area contributed by atoms with Gasteiger partial charge < -0.3 is 19.1 Å². The predicted octanol–water partition coefficient (Wildman–Crippen LogP) is 3.08. The molecule has 4 rings (SSSR count). The van der Waals surface area contributed by atoms with E-state index in [-0.39, 0.29) is 6.10 Å². The molecule has 136 valence electrons. The van der Waals surface area contributed by atoms with Crippen molar-refractivity contribution in [2.45, 2.75) is 18.9 Å². The van der Waals surface area contributed by atoms with E-state index in [9.17, 15) is 0 Å². The Bertz CT molecular complexity index is 896. The third-order valence-corrected chi connectivity index (χ3v) is 4.98. The lowest BCUT2D eigenvalue weighted by Gasteiger charge is -2.33. The zero-order valence-electron chi connectivity index (χ0n) is 15.6. The van der Waals surface area contributed by atoms with E-state index < -0.39 is 0 Å². The van der Waals surface area contributed by atoms with Crippen LogP contribution in [0.3, 0.4) is 0 Å². The molecule has 1 aliphatic rings. The van der Waals surface area contributed by atoms with Crippen LogP contribution in [0.15, 0.2) is 42.7 Å². The van der Waals surface area contributed by atoms with E-state index in [2.05, 4.69) is 56.9 Å². The molecule has 0 saturated carbocycles. The molecule has 0 radical (unpaired) electrons. The van der Waals surface area contributed by atoms with Gasteiger partial charge in [0.15, 0.2) is 0 Å². The first-order valence-corrected chi connectivity index (χ1v) is 9.08. The zero-order chi connectivity index (χ0) is 18.1. The molecule has 3 aromatic rings. The molecule has 1 aliphatic heterocycles. The van der Waals surface area contributed by atoms with Gasteiger partial charge in [-0.3, -0.25) is 0 Å². The molecular weight excluding hydrogens is 326 g/mol. The quantitative estimate of drug-likeness (QED) is 0.723. The van der Waals surface area contributed by atoms with Crippen molar-refractivity contribution >= 4 is 22.7 Å². The van der Waals surface area contributed by atoms with Crippen LogP contribution in [0, 0.1) is 0 Å². The lowest BCUT2D eigenvalue weighted by molar-refractivity contribution is 0.173. The number of hydrogen-bond acceptors (Lipinski definition) is 5. The Balaban J connectivity index is 1.43. The molecule has 1 fully saturated rings. The van der Waals surface area contributed by atoms with Crippen molar-refractivity contribution in [3.05, 3.63) is 42.7 Å². The average Bonchev–Trinajstić information content (AvgIpc) is 3.05. The van der Waals surface area contributed by atoms with Crippen LogP contribution >= 0.6 is 0 Å². The van der Waals surface area contributed by atoms with E-state index >= 15 is 0 Å². The number of fused-ring (bicyclic) bond motifs is 1. The van der Waals surface area contributed by atoms with Crippen molar-refractivity contribution in [2.75, 3.05) is 37.0 Å². The normalized spacial score (nSPS) is 15.4. The summed E-state index contributed by atoms with van der Waals surface area (Å²) in [5.74, 6) is 2.72. The van der Waals surface area contributed by atoms with E-state index in [1.165, 1.54) is 10.9 Å². The van der Waals surface area contributed by atoms with Gasteiger partial charge in [0.2, 0.25) is 5.95 Å². The van der Waals surface area contributed by atoms with Gasteiger partial charge in [-0.05, 0) is 24.3 Å². The average molecular weight is 351 g/mol. The summed E-state index contributed by atoms with van der Waals surface area (Å²) in [6.45, 7) is 1.89. The molecule has 26 heavy (non-hydrogen) atoms. The highest BCUT2D eigenvalue weighted by atomic mass is 16.5. The van der Waals surface area contributed by atoms with Gasteiger partial charge in [-0.1, -0.05) is 6.07 Å². The maximum absolute atomic E-state index is 6.35. The Kier molecular flexibility index (Phi) is 4.41. The number of anilines is 2. The van der Waals surface area contributed by atoms with Crippen molar-refractivity contribution in [2.24, 2.45) is 7.05 Å². The Hall–Kier alpha value is -2.76. The van der Waals surface area contributed by atoms with Crippen molar-refractivity contribution in [3.63, 3.8) is 0 Å². The van der Waals surface area contributed by atoms with E-state index in [1.807, 2.05) is 31.3 Å². The van der Waals surface area contributed by atoms with Gasteiger partial charge in [0.05, 0.1) is 5.52 Å². The van der Waals surface area contributed by atoms with Crippen LogP contribution in [0.2, 0.25) is 0 Å². The highest BCUT2D eigenvalue weighted by Crippen LogP contribution is 2.29. The van der Waals surface area contributed by atoms with Gasteiger partial charge >= 0.3 is 0 Å². The highest BCUT2D eigenvalue weighted by molar-refractivity contribution is 5.86.